The van der Waals surface area contributed by atoms with Gasteiger partial charge in [0.1, 0.15) is 0 Å². The maximum atomic E-state index is 4.50. The summed E-state index contributed by atoms with van der Waals surface area (Å²) in [5, 5.41) is 14.5. The summed E-state index contributed by atoms with van der Waals surface area (Å²) in [5.41, 5.74) is 2.51. The van der Waals surface area contributed by atoms with Gasteiger partial charge in [0, 0.05) is 31.9 Å². The zero-order valence-corrected chi connectivity index (χ0v) is 17.2. The van der Waals surface area contributed by atoms with Gasteiger partial charge in [0.15, 0.2) is 5.96 Å². The van der Waals surface area contributed by atoms with Crippen molar-refractivity contribution in [3.63, 3.8) is 0 Å². The van der Waals surface area contributed by atoms with Crippen LogP contribution in [0.4, 0.5) is 0 Å². The predicted molar refractivity (Wildman–Crippen MR) is 110 cm³/mol. The first kappa shape index (κ1) is 19.9. The molecule has 138 valence electrons. The number of thiazole rings is 1. The Bertz CT molecular complexity index is 632. The smallest absolute Gasteiger partial charge is 0.191 e. The van der Waals surface area contributed by atoms with Crippen LogP contribution < -0.4 is 10.6 Å². The van der Waals surface area contributed by atoms with Gasteiger partial charge in [-0.1, -0.05) is 13.8 Å². The van der Waals surface area contributed by atoms with Crippen LogP contribution in [0.2, 0.25) is 0 Å². The minimum Gasteiger partial charge on any atom is -0.356 e. The Balaban J connectivity index is 1.86. The van der Waals surface area contributed by atoms with Gasteiger partial charge in [-0.2, -0.15) is 11.3 Å². The Kier molecular flexibility index (Phi) is 8.37. The number of rotatable bonds is 9. The fourth-order valence-corrected chi connectivity index (χ4v) is 4.19. The molecule has 0 saturated carbocycles. The van der Waals surface area contributed by atoms with Crippen molar-refractivity contribution in [2.75, 3.05) is 33.2 Å². The maximum Gasteiger partial charge on any atom is 0.191 e. The normalized spacial score (nSPS) is 13.2. The number of aliphatic imine (C=N–C) groups is 1. The van der Waals surface area contributed by atoms with Crippen molar-refractivity contribution < 1.29 is 0 Å². The van der Waals surface area contributed by atoms with E-state index < -0.39 is 0 Å². The first-order valence-electron chi connectivity index (χ1n) is 8.79. The largest absolute Gasteiger partial charge is 0.356 e. The molecule has 0 fully saturated rings. The molecule has 0 aromatic carbocycles. The van der Waals surface area contributed by atoms with Crippen molar-refractivity contribution in [1.82, 2.24) is 20.5 Å². The summed E-state index contributed by atoms with van der Waals surface area (Å²) in [5.74, 6) is 0.847. The van der Waals surface area contributed by atoms with Gasteiger partial charge in [0.25, 0.3) is 0 Å². The number of nitrogens with zero attached hydrogens (tertiary/aromatic N) is 3. The molecule has 0 aliphatic heterocycles. The van der Waals surface area contributed by atoms with Gasteiger partial charge >= 0.3 is 0 Å². The highest BCUT2D eigenvalue weighted by molar-refractivity contribution is 7.09. The monoisotopic (exact) mass is 379 g/mol. The van der Waals surface area contributed by atoms with Crippen LogP contribution in [0.1, 0.15) is 36.2 Å². The second kappa shape index (κ2) is 10.5. The number of hydrogen-bond donors (Lipinski definition) is 2. The van der Waals surface area contributed by atoms with E-state index in [0.717, 1.165) is 49.3 Å². The first-order chi connectivity index (χ1) is 12.2. The minimum absolute atomic E-state index is 0.362. The van der Waals surface area contributed by atoms with Crippen molar-refractivity contribution in [3.05, 3.63) is 38.5 Å². The fourth-order valence-electron chi connectivity index (χ4n) is 2.83. The molecular formula is C18H29N5S2. The molecular weight excluding hydrogens is 350 g/mol. The van der Waals surface area contributed by atoms with Gasteiger partial charge in [-0.05, 0) is 42.4 Å². The van der Waals surface area contributed by atoms with Crippen LogP contribution in [-0.4, -0.2) is 49.1 Å². The Hall–Kier alpha value is -1.44. The molecule has 2 N–H and O–H groups in total. The van der Waals surface area contributed by atoms with Crippen LogP contribution in [0.5, 0.6) is 0 Å². The second-order valence-corrected chi connectivity index (χ2v) is 7.62. The molecule has 2 aromatic rings. The summed E-state index contributed by atoms with van der Waals surface area (Å²) >= 11 is 3.45. The van der Waals surface area contributed by atoms with E-state index in [1.807, 2.05) is 14.0 Å². The van der Waals surface area contributed by atoms with Gasteiger partial charge in [-0.3, -0.25) is 9.89 Å². The lowest BCUT2D eigenvalue weighted by molar-refractivity contribution is 0.219. The van der Waals surface area contributed by atoms with E-state index in [2.05, 4.69) is 61.6 Å². The van der Waals surface area contributed by atoms with Crippen LogP contribution in [0, 0.1) is 6.92 Å². The van der Waals surface area contributed by atoms with Crippen molar-refractivity contribution in [3.8, 4) is 0 Å². The first-order valence-corrected chi connectivity index (χ1v) is 10.6. The van der Waals surface area contributed by atoms with Crippen LogP contribution in [-0.2, 0) is 6.42 Å². The molecule has 0 bridgehead atoms. The number of hydrogen-bond acceptors (Lipinski definition) is 5. The van der Waals surface area contributed by atoms with Crippen LogP contribution in [0.25, 0.3) is 0 Å². The van der Waals surface area contributed by atoms with Crippen molar-refractivity contribution in [2.24, 2.45) is 4.99 Å². The highest BCUT2D eigenvalue weighted by Gasteiger charge is 2.18. The van der Waals surface area contributed by atoms with E-state index in [1.165, 1.54) is 5.56 Å². The number of likely N-dealkylation sites (N-methyl/N-ethyl adjacent to an activating group) is 1. The molecule has 1 atom stereocenters. The fraction of sp³-hybridized carbons (Fsp3) is 0.556. The molecule has 25 heavy (non-hydrogen) atoms. The number of aryl methyl sites for hydroxylation is 1. The Morgan fingerprint density at radius 2 is 2.08 bits per heavy atom. The van der Waals surface area contributed by atoms with Gasteiger partial charge < -0.3 is 10.6 Å². The summed E-state index contributed by atoms with van der Waals surface area (Å²) in [6, 6.07) is 2.58. The highest BCUT2D eigenvalue weighted by Crippen LogP contribution is 2.22. The zero-order chi connectivity index (χ0) is 18.1. The van der Waals surface area contributed by atoms with E-state index in [4.69, 9.17) is 0 Å². The van der Waals surface area contributed by atoms with Crippen LogP contribution >= 0.6 is 22.7 Å². The molecule has 0 spiro atoms. The number of thiophene rings is 1. The molecule has 0 aliphatic rings. The Morgan fingerprint density at radius 1 is 1.28 bits per heavy atom. The topological polar surface area (TPSA) is 52.5 Å². The molecule has 1 unspecified atom stereocenters. The molecule has 7 heteroatoms. The average Bonchev–Trinajstić information content (AvgIpc) is 3.28. The molecule has 0 amide bonds. The quantitative estimate of drug-likeness (QED) is 0.518. The summed E-state index contributed by atoms with van der Waals surface area (Å²) in [6.07, 6.45) is 0.912. The average molecular weight is 380 g/mol. The summed E-state index contributed by atoms with van der Waals surface area (Å²) in [7, 11) is 1.82. The van der Waals surface area contributed by atoms with Crippen LogP contribution in [0.15, 0.2) is 27.2 Å². The molecule has 0 aliphatic carbocycles. The molecule has 2 rings (SSSR count). The van der Waals surface area contributed by atoms with E-state index in [9.17, 15) is 0 Å². The second-order valence-electron chi connectivity index (χ2n) is 5.78. The number of nitrogens with one attached hydrogen (secondary N) is 2. The Labute approximate surface area is 159 Å². The van der Waals surface area contributed by atoms with E-state index in [-0.39, 0.29) is 0 Å². The lowest BCUT2D eigenvalue weighted by Gasteiger charge is -2.30. The summed E-state index contributed by atoms with van der Waals surface area (Å²) in [6.45, 7) is 10.2. The third kappa shape index (κ3) is 6.09. The molecule has 0 radical (unpaired) electrons. The highest BCUT2D eigenvalue weighted by atomic mass is 32.1. The SMILES string of the molecule is CCN(CC)C(CNC(=NC)NCCc1csc(C)n1)c1ccsc1. The van der Waals surface area contributed by atoms with Crippen molar-refractivity contribution in [1.29, 1.82) is 0 Å². The van der Waals surface area contributed by atoms with E-state index >= 15 is 0 Å². The van der Waals surface area contributed by atoms with Crippen molar-refractivity contribution >= 4 is 28.6 Å². The summed E-state index contributed by atoms with van der Waals surface area (Å²) in [4.78, 5) is 11.3. The molecule has 0 saturated heterocycles. The number of aromatic nitrogens is 1. The zero-order valence-electron chi connectivity index (χ0n) is 15.6. The third-order valence-electron chi connectivity index (χ3n) is 4.21. The molecule has 5 nitrogen and oxygen atoms in total. The lowest BCUT2D eigenvalue weighted by atomic mass is 10.1. The lowest BCUT2D eigenvalue weighted by Crippen LogP contribution is -2.43. The van der Waals surface area contributed by atoms with Crippen LogP contribution in [0.3, 0.4) is 0 Å². The Morgan fingerprint density at radius 3 is 2.64 bits per heavy atom. The third-order valence-corrected chi connectivity index (χ3v) is 5.73. The number of guanidine groups is 1. The molecule has 2 heterocycles. The maximum absolute atomic E-state index is 4.50. The van der Waals surface area contributed by atoms with Crippen molar-refractivity contribution in [2.45, 2.75) is 33.2 Å². The minimum atomic E-state index is 0.362. The van der Waals surface area contributed by atoms with Gasteiger partial charge in [0.05, 0.1) is 16.7 Å². The van der Waals surface area contributed by atoms with Gasteiger partial charge in [-0.25, -0.2) is 4.98 Å². The van der Waals surface area contributed by atoms with E-state index in [1.54, 1.807) is 22.7 Å². The summed E-state index contributed by atoms with van der Waals surface area (Å²) < 4.78 is 0. The van der Waals surface area contributed by atoms with Gasteiger partial charge in [0.2, 0.25) is 0 Å². The predicted octanol–water partition coefficient (Wildman–Crippen LogP) is 3.30. The van der Waals surface area contributed by atoms with E-state index in [0.29, 0.717) is 6.04 Å². The molecule has 2 aromatic heterocycles. The standard InChI is InChI=1S/C18H29N5S2/c1-5-23(6-2)17(15-8-10-24-12-15)11-21-18(19-4)20-9-7-16-13-25-14(3)22-16/h8,10,12-13,17H,5-7,9,11H2,1-4H3,(H2,19,20,21). The van der Waals surface area contributed by atoms with Gasteiger partial charge in [-0.15, -0.1) is 11.3 Å².